The first kappa shape index (κ1) is 13.8. The Morgan fingerprint density at radius 3 is 2.61 bits per heavy atom. The molecule has 1 aromatic rings. The molecule has 18 heavy (non-hydrogen) atoms. The fourth-order valence-corrected chi connectivity index (χ4v) is 1.52. The van der Waals surface area contributed by atoms with Crippen LogP contribution in [0.5, 0.6) is 0 Å². The van der Waals surface area contributed by atoms with Crippen molar-refractivity contribution in [2.45, 2.75) is 6.92 Å². The largest absolute Gasteiger partial charge is 0.462 e. The summed E-state index contributed by atoms with van der Waals surface area (Å²) in [5.74, 6) is -0.501. The zero-order valence-electron chi connectivity index (χ0n) is 9.61. The van der Waals surface area contributed by atoms with Gasteiger partial charge in [0.2, 0.25) is 0 Å². The minimum atomic E-state index is -0.501. The van der Waals surface area contributed by atoms with Gasteiger partial charge in [-0.1, -0.05) is 17.7 Å². The molecular weight excluding hydrogens is 252 g/mol. The van der Waals surface area contributed by atoms with Gasteiger partial charge in [-0.3, -0.25) is 0 Å². The highest BCUT2D eigenvalue weighted by atomic mass is 35.5. The Hall–Kier alpha value is -2.30. The van der Waals surface area contributed by atoms with Crippen LogP contribution in [0.25, 0.3) is 6.08 Å². The molecule has 0 bridgehead atoms. The molecule has 1 rings (SSSR count). The van der Waals surface area contributed by atoms with E-state index in [9.17, 15) is 4.79 Å². The maximum absolute atomic E-state index is 11.5. The third-order valence-corrected chi connectivity index (χ3v) is 2.35. The number of nitrogens with zero attached hydrogens (tertiary/aromatic N) is 2. The Kier molecular flexibility index (Phi) is 4.92. The molecule has 0 aromatic heterocycles. The third-order valence-electron chi connectivity index (χ3n) is 2.04. The van der Waals surface area contributed by atoms with Crippen molar-refractivity contribution in [3.8, 4) is 12.1 Å². The lowest BCUT2D eigenvalue weighted by atomic mass is 10.1. The molecule has 0 unspecified atom stereocenters. The molecule has 90 valence electrons. The average molecular weight is 261 g/mol. The van der Waals surface area contributed by atoms with Gasteiger partial charge in [0.05, 0.1) is 17.2 Å². The van der Waals surface area contributed by atoms with Crippen molar-refractivity contribution in [1.82, 2.24) is 0 Å². The van der Waals surface area contributed by atoms with E-state index in [1.807, 2.05) is 0 Å². The quantitative estimate of drug-likeness (QED) is 0.619. The summed E-state index contributed by atoms with van der Waals surface area (Å²) in [7, 11) is 0. The van der Waals surface area contributed by atoms with Crippen molar-refractivity contribution in [2.24, 2.45) is 0 Å². The van der Waals surface area contributed by atoms with Crippen LogP contribution in [0.4, 0.5) is 0 Å². The van der Waals surface area contributed by atoms with E-state index in [1.54, 1.807) is 25.1 Å². The van der Waals surface area contributed by atoms with Crippen molar-refractivity contribution < 1.29 is 9.53 Å². The van der Waals surface area contributed by atoms with Crippen LogP contribution >= 0.6 is 11.6 Å². The zero-order chi connectivity index (χ0) is 13.5. The molecule has 0 fully saturated rings. The van der Waals surface area contributed by atoms with E-state index >= 15 is 0 Å². The maximum atomic E-state index is 11.5. The number of hydrogen-bond acceptors (Lipinski definition) is 4. The van der Waals surface area contributed by atoms with Crippen molar-refractivity contribution in [3.63, 3.8) is 0 Å². The highest BCUT2D eigenvalue weighted by molar-refractivity contribution is 6.33. The van der Waals surface area contributed by atoms with Gasteiger partial charge in [0.1, 0.15) is 17.7 Å². The highest BCUT2D eigenvalue weighted by Gasteiger charge is 2.11. The summed E-state index contributed by atoms with van der Waals surface area (Å²) in [6.45, 7) is 1.97. The van der Waals surface area contributed by atoms with Crippen LogP contribution < -0.4 is 0 Å². The van der Waals surface area contributed by atoms with Crippen LogP contribution in [0.3, 0.4) is 0 Å². The fourth-order valence-electron chi connectivity index (χ4n) is 1.25. The van der Waals surface area contributed by atoms with Gasteiger partial charge in [0.15, 0.2) is 0 Å². The van der Waals surface area contributed by atoms with Crippen LogP contribution in [0.15, 0.2) is 23.8 Å². The Bertz CT molecular complexity index is 564. The number of carbonyl (C=O) groups excluding carboxylic acids is 1. The lowest BCUT2D eigenvalue weighted by molar-refractivity contribution is 0.0526. The summed E-state index contributed by atoms with van der Waals surface area (Å²) in [5.41, 5.74) is 0.798. The second-order valence-electron chi connectivity index (χ2n) is 3.24. The van der Waals surface area contributed by atoms with Gasteiger partial charge in [-0.2, -0.15) is 10.5 Å². The molecular formula is C13H9ClN2O2. The Balaban J connectivity index is 3.08. The molecule has 0 radical (unpaired) electrons. The van der Waals surface area contributed by atoms with E-state index in [2.05, 4.69) is 0 Å². The van der Waals surface area contributed by atoms with Crippen molar-refractivity contribution >= 4 is 23.6 Å². The van der Waals surface area contributed by atoms with Crippen LogP contribution in [-0.2, 0) is 4.74 Å². The summed E-state index contributed by atoms with van der Waals surface area (Å²) < 4.78 is 4.83. The normalized spacial score (nSPS) is 8.89. The van der Waals surface area contributed by atoms with Gasteiger partial charge in [-0.05, 0) is 30.7 Å². The maximum Gasteiger partial charge on any atom is 0.339 e. The van der Waals surface area contributed by atoms with Crippen LogP contribution in [0.1, 0.15) is 22.8 Å². The molecule has 0 aliphatic rings. The lowest BCUT2D eigenvalue weighted by Crippen LogP contribution is -2.05. The molecule has 0 heterocycles. The van der Waals surface area contributed by atoms with E-state index in [-0.39, 0.29) is 22.8 Å². The van der Waals surface area contributed by atoms with Gasteiger partial charge < -0.3 is 4.74 Å². The highest BCUT2D eigenvalue weighted by Crippen LogP contribution is 2.20. The standard InChI is InChI=1S/C13H9ClN2O2/c1-2-18-13(17)11-4-3-9(6-12(11)14)5-10(7-15)8-16/h3-6H,2H2,1H3. The number of nitriles is 2. The molecule has 0 aliphatic carbocycles. The van der Waals surface area contributed by atoms with E-state index in [0.717, 1.165) is 0 Å². The van der Waals surface area contributed by atoms with E-state index in [0.29, 0.717) is 5.56 Å². The molecule has 5 heteroatoms. The first-order valence-electron chi connectivity index (χ1n) is 5.11. The van der Waals surface area contributed by atoms with Gasteiger partial charge in [0, 0.05) is 0 Å². The molecule has 0 amide bonds. The number of ether oxygens (including phenoxy) is 1. The monoisotopic (exact) mass is 260 g/mol. The SMILES string of the molecule is CCOC(=O)c1ccc(C=C(C#N)C#N)cc1Cl. The number of benzene rings is 1. The third kappa shape index (κ3) is 3.35. The Morgan fingerprint density at radius 1 is 1.44 bits per heavy atom. The van der Waals surface area contributed by atoms with Gasteiger partial charge in [-0.25, -0.2) is 4.79 Å². The summed E-state index contributed by atoms with van der Waals surface area (Å²) >= 11 is 5.93. The predicted molar refractivity (Wildman–Crippen MR) is 66.6 cm³/mol. The number of allylic oxidation sites excluding steroid dienone is 1. The molecule has 0 N–H and O–H groups in total. The van der Waals surface area contributed by atoms with Crippen molar-refractivity contribution in [1.29, 1.82) is 10.5 Å². The summed E-state index contributed by atoms with van der Waals surface area (Å²) in [4.78, 5) is 11.5. The number of hydrogen-bond donors (Lipinski definition) is 0. The minimum Gasteiger partial charge on any atom is -0.462 e. The topological polar surface area (TPSA) is 73.9 Å². The number of halogens is 1. The summed E-state index contributed by atoms with van der Waals surface area (Å²) in [6.07, 6.45) is 1.39. The molecule has 0 saturated heterocycles. The molecule has 0 saturated carbocycles. The van der Waals surface area contributed by atoms with Crippen molar-refractivity contribution in [3.05, 3.63) is 39.9 Å². The number of esters is 1. The van der Waals surface area contributed by atoms with E-state index in [4.69, 9.17) is 26.9 Å². The van der Waals surface area contributed by atoms with Crippen LogP contribution in [0, 0.1) is 22.7 Å². The molecule has 0 aliphatic heterocycles. The van der Waals surface area contributed by atoms with Gasteiger partial charge in [-0.15, -0.1) is 0 Å². The van der Waals surface area contributed by atoms with Gasteiger partial charge >= 0.3 is 5.97 Å². The summed E-state index contributed by atoms with van der Waals surface area (Å²) in [6, 6.07) is 8.08. The predicted octanol–water partition coefficient (Wildman–Crippen LogP) is 2.95. The molecule has 0 atom stereocenters. The second kappa shape index (κ2) is 6.44. The molecule has 1 aromatic carbocycles. The smallest absolute Gasteiger partial charge is 0.339 e. The average Bonchev–Trinajstić information content (AvgIpc) is 2.36. The Labute approximate surface area is 110 Å². The number of carbonyl (C=O) groups is 1. The van der Waals surface area contributed by atoms with Crippen molar-refractivity contribution in [2.75, 3.05) is 6.61 Å². The molecule has 0 spiro atoms. The molecule has 4 nitrogen and oxygen atoms in total. The first-order chi connectivity index (χ1) is 8.62. The fraction of sp³-hybridized carbons (Fsp3) is 0.154. The Morgan fingerprint density at radius 2 is 2.11 bits per heavy atom. The summed E-state index contributed by atoms with van der Waals surface area (Å²) in [5, 5.41) is 17.5. The van der Waals surface area contributed by atoms with Crippen LogP contribution in [-0.4, -0.2) is 12.6 Å². The first-order valence-corrected chi connectivity index (χ1v) is 5.48. The van der Waals surface area contributed by atoms with E-state index in [1.165, 1.54) is 18.2 Å². The number of rotatable bonds is 3. The zero-order valence-corrected chi connectivity index (χ0v) is 10.4. The van der Waals surface area contributed by atoms with E-state index < -0.39 is 5.97 Å². The van der Waals surface area contributed by atoms with Crippen LogP contribution in [0.2, 0.25) is 5.02 Å². The minimum absolute atomic E-state index is 0.0325. The second-order valence-corrected chi connectivity index (χ2v) is 3.65. The lowest BCUT2D eigenvalue weighted by Gasteiger charge is -2.04. The van der Waals surface area contributed by atoms with Gasteiger partial charge in [0.25, 0.3) is 0 Å².